The Balaban J connectivity index is 2.41. The maximum Gasteiger partial charge on any atom is 0.124 e. The molecule has 2 unspecified atom stereocenters. The van der Waals surface area contributed by atoms with Crippen molar-refractivity contribution in [3.63, 3.8) is 0 Å². The summed E-state index contributed by atoms with van der Waals surface area (Å²) in [5.41, 5.74) is 3.78. The van der Waals surface area contributed by atoms with Crippen LogP contribution in [0.1, 0.15) is 49.4 Å². The van der Waals surface area contributed by atoms with E-state index in [-0.39, 0.29) is 12.1 Å². The highest BCUT2D eigenvalue weighted by atomic mass is 16.5. The Bertz CT molecular complexity index is 469. The van der Waals surface area contributed by atoms with Gasteiger partial charge in [0.25, 0.3) is 0 Å². The number of aryl methyl sites for hydroxylation is 2. The lowest BCUT2D eigenvalue weighted by atomic mass is 9.92. The number of ether oxygens (including phenoxy) is 2. The van der Waals surface area contributed by atoms with Gasteiger partial charge in [-0.25, -0.2) is 0 Å². The molecule has 3 heteroatoms. The molecule has 2 atom stereocenters. The van der Waals surface area contributed by atoms with Crippen molar-refractivity contribution >= 4 is 0 Å². The second-order valence-electron chi connectivity index (χ2n) is 5.99. The molecule has 118 valence electrons. The Morgan fingerprint density at radius 1 is 1.24 bits per heavy atom. The molecule has 1 fully saturated rings. The summed E-state index contributed by atoms with van der Waals surface area (Å²) in [7, 11) is 1.76. The largest absolute Gasteiger partial charge is 0.496 e. The van der Waals surface area contributed by atoms with Gasteiger partial charge in [0.1, 0.15) is 5.75 Å². The fraction of sp³-hybridized carbons (Fsp3) is 0.667. The highest BCUT2D eigenvalue weighted by Crippen LogP contribution is 2.43. The summed E-state index contributed by atoms with van der Waals surface area (Å²) >= 11 is 0. The first-order chi connectivity index (χ1) is 10.1. The molecular formula is C18H29NO2. The molecule has 0 aromatic heterocycles. The van der Waals surface area contributed by atoms with Crippen molar-refractivity contribution in [2.45, 2.75) is 52.7 Å². The van der Waals surface area contributed by atoms with Crippen LogP contribution in [0, 0.1) is 19.8 Å². The van der Waals surface area contributed by atoms with E-state index in [0.717, 1.165) is 18.9 Å². The van der Waals surface area contributed by atoms with Gasteiger partial charge in [0.05, 0.1) is 19.3 Å². The number of benzene rings is 1. The van der Waals surface area contributed by atoms with E-state index in [0.29, 0.717) is 5.92 Å². The third-order valence-electron chi connectivity index (χ3n) is 4.22. The third kappa shape index (κ3) is 3.78. The van der Waals surface area contributed by atoms with Gasteiger partial charge >= 0.3 is 0 Å². The van der Waals surface area contributed by atoms with Crippen LogP contribution in [0.2, 0.25) is 0 Å². The van der Waals surface area contributed by atoms with Gasteiger partial charge in [-0.3, -0.25) is 0 Å². The average molecular weight is 291 g/mol. The predicted octanol–water partition coefficient (Wildman–Crippen LogP) is 3.78. The molecule has 1 aromatic carbocycles. The van der Waals surface area contributed by atoms with E-state index < -0.39 is 0 Å². The molecule has 0 bridgehead atoms. The van der Waals surface area contributed by atoms with Crippen LogP contribution >= 0.6 is 0 Å². The molecule has 0 aliphatic heterocycles. The Hall–Kier alpha value is -1.06. The molecule has 3 nitrogen and oxygen atoms in total. The lowest BCUT2D eigenvalue weighted by molar-refractivity contribution is 0.0182. The smallest absolute Gasteiger partial charge is 0.124 e. The summed E-state index contributed by atoms with van der Waals surface area (Å²) < 4.78 is 11.8. The van der Waals surface area contributed by atoms with Crippen molar-refractivity contribution in [2.24, 2.45) is 5.92 Å². The molecule has 0 spiro atoms. The van der Waals surface area contributed by atoms with E-state index in [1.54, 1.807) is 7.11 Å². The Morgan fingerprint density at radius 2 is 1.95 bits per heavy atom. The van der Waals surface area contributed by atoms with Crippen LogP contribution in [-0.4, -0.2) is 26.4 Å². The zero-order valence-electron chi connectivity index (χ0n) is 14.0. The minimum Gasteiger partial charge on any atom is -0.496 e. The van der Waals surface area contributed by atoms with Gasteiger partial charge in [-0.1, -0.05) is 13.0 Å². The molecule has 21 heavy (non-hydrogen) atoms. The second-order valence-corrected chi connectivity index (χ2v) is 5.99. The summed E-state index contributed by atoms with van der Waals surface area (Å²) in [5.74, 6) is 1.66. The van der Waals surface area contributed by atoms with Crippen molar-refractivity contribution in [1.29, 1.82) is 0 Å². The number of methoxy groups -OCH3 is 1. The van der Waals surface area contributed by atoms with Gasteiger partial charge in [-0.2, -0.15) is 0 Å². The molecule has 0 saturated heterocycles. The second kappa shape index (κ2) is 7.28. The summed E-state index contributed by atoms with van der Waals surface area (Å²) in [6.45, 7) is 10.2. The van der Waals surface area contributed by atoms with Crippen LogP contribution in [0.15, 0.2) is 12.1 Å². The molecular weight excluding hydrogens is 262 g/mol. The minimum atomic E-state index is 0.206. The molecule has 0 heterocycles. The van der Waals surface area contributed by atoms with Gasteiger partial charge < -0.3 is 14.8 Å². The van der Waals surface area contributed by atoms with E-state index in [2.05, 4.69) is 45.1 Å². The Morgan fingerprint density at radius 3 is 2.48 bits per heavy atom. The van der Waals surface area contributed by atoms with Crippen molar-refractivity contribution in [3.8, 4) is 5.75 Å². The van der Waals surface area contributed by atoms with Crippen LogP contribution in [-0.2, 0) is 4.74 Å². The molecule has 2 rings (SSSR count). The first kappa shape index (κ1) is 16.3. The number of rotatable bonds is 8. The third-order valence-corrected chi connectivity index (χ3v) is 4.22. The summed E-state index contributed by atoms with van der Waals surface area (Å²) in [5, 5.41) is 3.64. The molecule has 0 radical (unpaired) electrons. The molecule has 1 saturated carbocycles. The van der Waals surface area contributed by atoms with E-state index in [9.17, 15) is 0 Å². The maximum absolute atomic E-state index is 6.10. The van der Waals surface area contributed by atoms with Gasteiger partial charge in [-0.15, -0.1) is 0 Å². The van der Waals surface area contributed by atoms with E-state index in [4.69, 9.17) is 9.47 Å². The quantitative estimate of drug-likeness (QED) is 0.790. The molecule has 1 aliphatic carbocycles. The van der Waals surface area contributed by atoms with Crippen LogP contribution in [0.25, 0.3) is 0 Å². The first-order valence-corrected chi connectivity index (χ1v) is 8.12. The zero-order valence-corrected chi connectivity index (χ0v) is 14.0. The summed E-state index contributed by atoms with van der Waals surface area (Å²) in [4.78, 5) is 0. The van der Waals surface area contributed by atoms with E-state index in [1.165, 1.54) is 29.5 Å². The lowest BCUT2D eigenvalue weighted by Crippen LogP contribution is -2.36. The fourth-order valence-electron chi connectivity index (χ4n) is 3.23. The van der Waals surface area contributed by atoms with Crippen LogP contribution in [0.3, 0.4) is 0 Å². The van der Waals surface area contributed by atoms with Crippen molar-refractivity contribution < 1.29 is 9.47 Å². The maximum atomic E-state index is 6.10. The molecule has 1 aromatic rings. The normalized spacial score (nSPS) is 17.6. The highest BCUT2D eigenvalue weighted by Gasteiger charge is 2.39. The van der Waals surface area contributed by atoms with Crippen molar-refractivity contribution in [3.05, 3.63) is 28.8 Å². The highest BCUT2D eigenvalue weighted by molar-refractivity contribution is 5.45. The Kier molecular flexibility index (Phi) is 5.65. The topological polar surface area (TPSA) is 30.5 Å². The van der Waals surface area contributed by atoms with Crippen LogP contribution in [0.5, 0.6) is 5.75 Å². The minimum absolute atomic E-state index is 0.206. The van der Waals surface area contributed by atoms with Crippen molar-refractivity contribution in [2.75, 3.05) is 20.3 Å². The Labute approximate surface area is 129 Å². The number of nitrogens with one attached hydrogen (secondary N) is 1. The van der Waals surface area contributed by atoms with Gasteiger partial charge in [0.2, 0.25) is 0 Å². The SMILES string of the molecule is CCNC(c1c(C)cc(C)cc1OC)C(OCC)C1CC1. The first-order valence-electron chi connectivity index (χ1n) is 8.12. The van der Waals surface area contributed by atoms with E-state index >= 15 is 0 Å². The molecule has 1 N–H and O–H groups in total. The number of hydrogen-bond donors (Lipinski definition) is 1. The lowest BCUT2D eigenvalue weighted by Gasteiger charge is -2.30. The molecule has 1 aliphatic rings. The van der Waals surface area contributed by atoms with Crippen LogP contribution < -0.4 is 10.1 Å². The standard InChI is InChI=1S/C18H29NO2/c1-6-19-17(18(21-7-2)14-8-9-14)16-13(4)10-12(3)11-15(16)20-5/h10-11,14,17-19H,6-9H2,1-5H3. The van der Waals surface area contributed by atoms with Gasteiger partial charge in [0, 0.05) is 12.2 Å². The molecule has 0 amide bonds. The monoisotopic (exact) mass is 291 g/mol. The van der Waals surface area contributed by atoms with Gasteiger partial charge in [0.15, 0.2) is 0 Å². The number of hydrogen-bond acceptors (Lipinski definition) is 3. The average Bonchev–Trinajstić information content (AvgIpc) is 3.27. The fourth-order valence-corrected chi connectivity index (χ4v) is 3.23. The van der Waals surface area contributed by atoms with Crippen molar-refractivity contribution in [1.82, 2.24) is 5.32 Å². The van der Waals surface area contributed by atoms with E-state index in [1.807, 2.05) is 0 Å². The summed E-state index contributed by atoms with van der Waals surface area (Å²) in [6, 6.07) is 4.57. The van der Waals surface area contributed by atoms with Gasteiger partial charge in [-0.05, 0) is 63.3 Å². The number of likely N-dealkylation sites (N-methyl/N-ethyl adjacent to an activating group) is 1. The predicted molar refractivity (Wildman–Crippen MR) is 87.0 cm³/mol. The zero-order chi connectivity index (χ0) is 15.4. The van der Waals surface area contributed by atoms with Crippen LogP contribution in [0.4, 0.5) is 0 Å². The summed E-state index contributed by atoms with van der Waals surface area (Å²) in [6.07, 6.45) is 2.80.